The Morgan fingerprint density at radius 2 is 1.65 bits per heavy atom. The second-order valence-corrected chi connectivity index (χ2v) is 8.11. The summed E-state index contributed by atoms with van der Waals surface area (Å²) in [7, 11) is 0. The molecule has 3 heterocycles. The molecule has 0 saturated carbocycles. The summed E-state index contributed by atoms with van der Waals surface area (Å²) in [5.41, 5.74) is 1.39. The van der Waals surface area contributed by atoms with Gasteiger partial charge < -0.3 is 14.5 Å². The topological polar surface area (TPSA) is 78.9 Å². The van der Waals surface area contributed by atoms with Gasteiger partial charge in [-0.05, 0) is 37.5 Å². The average Bonchev–Trinajstić information content (AvgIpc) is 3.35. The molecule has 2 aliphatic rings. The number of anilines is 1. The van der Waals surface area contributed by atoms with Crippen LogP contribution in [0, 0.1) is 0 Å². The Morgan fingerprint density at radius 1 is 0.935 bits per heavy atom. The largest absolute Gasteiger partial charge is 0.448 e. The third kappa shape index (κ3) is 5.38. The minimum absolute atomic E-state index is 0.121. The zero-order valence-corrected chi connectivity index (χ0v) is 17.9. The van der Waals surface area contributed by atoms with Crippen molar-refractivity contribution in [2.24, 2.45) is 0 Å². The quantitative estimate of drug-likeness (QED) is 0.657. The van der Waals surface area contributed by atoms with Gasteiger partial charge in [-0.15, -0.1) is 10.2 Å². The minimum atomic E-state index is -0.853. The van der Waals surface area contributed by atoms with Crippen molar-refractivity contribution in [2.45, 2.75) is 32.4 Å². The second kappa shape index (κ2) is 9.87. The molecular formula is C23H29N5O3. The number of piperazine rings is 1. The molecule has 0 N–H and O–H groups in total. The molecule has 4 rings (SSSR count). The van der Waals surface area contributed by atoms with Gasteiger partial charge in [-0.2, -0.15) is 0 Å². The van der Waals surface area contributed by atoms with Crippen molar-refractivity contribution in [2.75, 3.05) is 44.2 Å². The van der Waals surface area contributed by atoms with Crippen LogP contribution in [0.25, 0.3) is 0 Å². The Bertz CT molecular complexity index is 876. The zero-order valence-electron chi connectivity index (χ0n) is 17.9. The molecule has 0 bridgehead atoms. The predicted molar refractivity (Wildman–Crippen MR) is 117 cm³/mol. The van der Waals surface area contributed by atoms with Crippen LogP contribution in [0.1, 0.15) is 35.8 Å². The van der Waals surface area contributed by atoms with E-state index in [4.69, 9.17) is 4.74 Å². The highest BCUT2D eigenvalue weighted by molar-refractivity contribution is 5.90. The van der Waals surface area contributed by atoms with Gasteiger partial charge in [0.05, 0.1) is 0 Å². The standard InChI is InChI=1S/C23H29N5O3/c1-18(31-23(30)20-9-10-21(25-24-20)27-11-5-6-12-27)22(29)28-15-13-26(14-16-28)17-19-7-3-2-4-8-19/h2-4,7-10,18H,5-6,11-17H2,1H3. The highest BCUT2D eigenvalue weighted by Crippen LogP contribution is 2.17. The molecule has 31 heavy (non-hydrogen) atoms. The number of hydrogen-bond acceptors (Lipinski definition) is 7. The van der Waals surface area contributed by atoms with E-state index in [1.807, 2.05) is 18.2 Å². The fourth-order valence-corrected chi connectivity index (χ4v) is 4.05. The van der Waals surface area contributed by atoms with Crippen molar-refractivity contribution in [1.82, 2.24) is 20.0 Å². The van der Waals surface area contributed by atoms with Crippen molar-refractivity contribution < 1.29 is 14.3 Å². The number of carbonyl (C=O) groups is 2. The van der Waals surface area contributed by atoms with Crippen LogP contribution in [0.2, 0.25) is 0 Å². The molecule has 0 spiro atoms. The molecule has 2 aliphatic heterocycles. The summed E-state index contributed by atoms with van der Waals surface area (Å²) in [6.07, 6.45) is 1.44. The van der Waals surface area contributed by atoms with E-state index >= 15 is 0 Å². The number of nitrogens with zero attached hydrogens (tertiary/aromatic N) is 5. The highest BCUT2D eigenvalue weighted by Gasteiger charge is 2.28. The number of amides is 1. The summed E-state index contributed by atoms with van der Waals surface area (Å²) < 4.78 is 5.38. The maximum atomic E-state index is 12.7. The van der Waals surface area contributed by atoms with E-state index in [9.17, 15) is 9.59 Å². The number of hydrogen-bond donors (Lipinski definition) is 0. The maximum absolute atomic E-state index is 12.7. The Kier molecular flexibility index (Phi) is 6.76. The Hall–Kier alpha value is -3.00. The normalized spacial score (nSPS) is 18.1. The van der Waals surface area contributed by atoms with E-state index in [1.54, 1.807) is 24.0 Å². The van der Waals surface area contributed by atoms with Gasteiger partial charge in [-0.3, -0.25) is 9.69 Å². The Balaban J connectivity index is 1.25. The summed E-state index contributed by atoms with van der Waals surface area (Å²) in [6.45, 7) is 7.25. The van der Waals surface area contributed by atoms with Gasteiger partial charge in [0.2, 0.25) is 0 Å². The van der Waals surface area contributed by atoms with Crippen molar-refractivity contribution in [3.05, 3.63) is 53.7 Å². The lowest BCUT2D eigenvalue weighted by molar-refractivity contribution is -0.141. The monoisotopic (exact) mass is 423 g/mol. The summed E-state index contributed by atoms with van der Waals surface area (Å²) >= 11 is 0. The van der Waals surface area contributed by atoms with Crippen LogP contribution >= 0.6 is 0 Å². The van der Waals surface area contributed by atoms with Crippen LogP contribution in [0.4, 0.5) is 5.82 Å². The molecule has 1 atom stereocenters. The number of carbonyl (C=O) groups excluding carboxylic acids is 2. The molecular weight excluding hydrogens is 394 g/mol. The van der Waals surface area contributed by atoms with Crippen LogP contribution in [0.15, 0.2) is 42.5 Å². The Morgan fingerprint density at radius 3 is 2.29 bits per heavy atom. The minimum Gasteiger partial charge on any atom is -0.448 e. The zero-order chi connectivity index (χ0) is 21.6. The molecule has 164 valence electrons. The van der Waals surface area contributed by atoms with Gasteiger partial charge in [0, 0.05) is 45.8 Å². The summed E-state index contributed by atoms with van der Waals surface area (Å²) in [4.78, 5) is 31.4. The summed E-state index contributed by atoms with van der Waals surface area (Å²) in [5.74, 6) is -0.0232. The Labute approximate surface area is 182 Å². The first-order valence-electron chi connectivity index (χ1n) is 10.9. The first kappa shape index (κ1) is 21.2. The molecule has 8 nitrogen and oxygen atoms in total. The number of benzene rings is 1. The predicted octanol–water partition coefficient (Wildman–Crippen LogP) is 1.97. The SMILES string of the molecule is CC(OC(=O)c1ccc(N2CCCC2)nn1)C(=O)N1CCN(Cc2ccccc2)CC1. The van der Waals surface area contributed by atoms with Gasteiger partial charge in [0.25, 0.3) is 5.91 Å². The fourth-order valence-electron chi connectivity index (χ4n) is 4.05. The van der Waals surface area contributed by atoms with Crippen LogP contribution in [-0.2, 0) is 16.1 Å². The van der Waals surface area contributed by atoms with Crippen molar-refractivity contribution in [3.63, 3.8) is 0 Å². The van der Waals surface area contributed by atoms with Gasteiger partial charge in [0.1, 0.15) is 0 Å². The van der Waals surface area contributed by atoms with Crippen LogP contribution in [0.3, 0.4) is 0 Å². The van der Waals surface area contributed by atoms with Crippen LogP contribution < -0.4 is 4.90 Å². The van der Waals surface area contributed by atoms with Gasteiger partial charge in [0.15, 0.2) is 17.6 Å². The lowest BCUT2D eigenvalue weighted by Gasteiger charge is -2.35. The first-order chi connectivity index (χ1) is 15.1. The summed E-state index contributed by atoms with van der Waals surface area (Å²) in [5, 5.41) is 8.14. The van der Waals surface area contributed by atoms with E-state index in [0.717, 1.165) is 51.4 Å². The lowest BCUT2D eigenvalue weighted by atomic mass is 10.2. The highest BCUT2D eigenvalue weighted by atomic mass is 16.5. The van der Waals surface area contributed by atoms with Crippen LogP contribution in [-0.4, -0.2) is 77.2 Å². The molecule has 1 unspecified atom stereocenters. The molecule has 2 fully saturated rings. The fraction of sp³-hybridized carbons (Fsp3) is 0.478. The van der Waals surface area contributed by atoms with E-state index < -0.39 is 12.1 Å². The molecule has 2 saturated heterocycles. The van der Waals surface area contributed by atoms with E-state index in [2.05, 4.69) is 32.1 Å². The molecule has 0 radical (unpaired) electrons. The third-order valence-electron chi connectivity index (χ3n) is 5.85. The van der Waals surface area contributed by atoms with Gasteiger partial charge in [-0.1, -0.05) is 30.3 Å². The van der Waals surface area contributed by atoms with Crippen LogP contribution in [0.5, 0.6) is 0 Å². The maximum Gasteiger partial charge on any atom is 0.359 e. The summed E-state index contributed by atoms with van der Waals surface area (Å²) in [6, 6.07) is 13.7. The number of ether oxygens (including phenoxy) is 1. The van der Waals surface area contributed by atoms with E-state index in [-0.39, 0.29) is 11.6 Å². The first-order valence-corrected chi connectivity index (χ1v) is 10.9. The van der Waals surface area contributed by atoms with E-state index in [0.29, 0.717) is 13.1 Å². The number of aromatic nitrogens is 2. The molecule has 2 aromatic rings. The van der Waals surface area contributed by atoms with Gasteiger partial charge >= 0.3 is 5.97 Å². The van der Waals surface area contributed by atoms with Crippen molar-refractivity contribution >= 4 is 17.7 Å². The van der Waals surface area contributed by atoms with E-state index in [1.165, 1.54) is 5.56 Å². The molecule has 1 aromatic carbocycles. The number of rotatable bonds is 6. The molecule has 1 aromatic heterocycles. The third-order valence-corrected chi connectivity index (χ3v) is 5.85. The molecule has 8 heteroatoms. The van der Waals surface area contributed by atoms with Crippen molar-refractivity contribution in [1.29, 1.82) is 0 Å². The van der Waals surface area contributed by atoms with Gasteiger partial charge in [-0.25, -0.2) is 4.79 Å². The second-order valence-electron chi connectivity index (χ2n) is 8.11. The number of esters is 1. The lowest BCUT2D eigenvalue weighted by Crippen LogP contribution is -2.51. The van der Waals surface area contributed by atoms with Crippen molar-refractivity contribution in [3.8, 4) is 0 Å². The average molecular weight is 424 g/mol. The molecule has 1 amide bonds. The molecule has 0 aliphatic carbocycles. The smallest absolute Gasteiger partial charge is 0.359 e.